The number of aryl methyl sites for hydroxylation is 1. The molecule has 0 unspecified atom stereocenters. The number of benzene rings is 1. The molecule has 0 saturated carbocycles. The number of H-pyrrole nitrogens is 1. The molecule has 2 N–H and O–H groups in total. The van der Waals surface area contributed by atoms with Crippen molar-refractivity contribution in [1.82, 2.24) is 15.2 Å². The molecule has 0 spiro atoms. The van der Waals surface area contributed by atoms with Crippen molar-refractivity contribution in [2.24, 2.45) is 0 Å². The van der Waals surface area contributed by atoms with Crippen LogP contribution in [0.4, 0.5) is 5.95 Å². The molecule has 1 heterocycles. The van der Waals surface area contributed by atoms with Crippen LogP contribution in [0.3, 0.4) is 0 Å². The van der Waals surface area contributed by atoms with Crippen molar-refractivity contribution in [3.8, 4) is 0 Å². The zero-order chi connectivity index (χ0) is 10.7. The number of aromatic amines is 1. The number of halogens is 1. The summed E-state index contributed by atoms with van der Waals surface area (Å²) in [4.78, 5) is 5.18. The number of hydrogen-bond donors (Lipinski definition) is 2. The zero-order valence-corrected chi connectivity index (χ0v) is 9.56. The quantitative estimate of drug-likeness (QED) is 0.810. The van der Waals surface area contributed by atoms with Gasteiger partial charge in [-0.05, 0) is 43.1 Å². The Hall–Kier alpha value is -1.20. The van der Waals surface area contributed by atoms with Crippen molar-refractivity contribution in [3.63, 3.8) is 0 Å². The lowest BCUT2D eigenvalue weighted by molar-refractivity contribution is 1.04. The van der Waals surface area contributed by atoms with Crippen molar-refractivity contribution in [3.05, 3.63) is 35.1 Å². The van der Waals surface area contributed by atoms with Gasteiger partial charge in [0.15, 0.2) is 0 Å². The SMILES string of the molecule is Cc1nc(NSc2ccc(Cl)cc2)n[nH]1. The maximum Gasteiger partial charge on any atom is 0.252 e. The highest BCUT2D eigenvalue weighted by Crippen LogP contribution is 2.20. The zero-order valence-electron chi connectivity index (χ0n) is 7.99. The molecule has 0 aliphatic rings. The molecule has 2 rings (SSSR count). The van der Waals surface area contributed by atoms with E-state index in [-0.39, 0.29) is 0 Å². The summed E-state index contributed by atoms with van der Waals surface area (Å²) in [6, 6.07) is 7.54. The molecule has 0 saturated heterocycles. The number of rotatable bonds is 3. The van der Waals surface area contributed by atoms with Crippen LogP contribution in [0.2, 0.25) is 5.02 Å². The van der Waals surface area contributed by atoms with Crippen molar-refractivity contribution in [2.45, 2.75) is 11.8 Å². The second kappa shape index (κ2) is 4.55. The van der Waals surface area contributed by atoms with Crippen LogP contribution < -0.4 is 4.72 Å². The van der Waals surface area contributed by atoms with Gasteiger partial charge in [0.05, 0.1) is 0 Å². The molecule has 0 radical (unpaired) electrons. The van der Waals surface area contributed by atoms with Gasteiger partial charge < -0.3 is 0 Å². The van der Waals surface area contributed by atoms with E-state index in [1.807, 2.05) is 31.2 Å². The topological polar surface area (TPSA) is 53.6 Å². The minimum atomic E-state index is 0.576. The largest absolute Gasteiger partial charge is 0.293 e. The summed E-state index contributed by atoms with van der Waals surface area (Å²) in [7, 11) is 0. The molecule has 0 aliphatic carbocycles. The first kappa shape index (κ1) is 10.3. The smallest absolute Gasteiger partial charge is 0.252 e. The minimum Gasteiger partial charge on any atom is -0.293 e. The van der Waals surface area contributed by atoms with E-state index in [1.54, 1.807) is 0 Å². The molecule has 4 nitrogen and oxygen atoms in total. The maximum absolute atomic E-state index is 5.77. The average Bonchev–Trinajstić information content (AvgIpc) is 2.64. The van der Waals surface area contributed by atoms with E-state index in [0.29, 0.717) is 5.95 Å². The van der Waals surface area contributed by atoms with Gasteiger partial charge in [-0.15, -0.1) is 5.10 Å². The van der Waals surface area contributed by atoms with Crippen LogP contribution in [0.15, 0.2) is 29.2 Å². The summed E-state index contributed by atoms with van der Waals surface area (Å²) in [5.41, 5.74) is 0. The summed E-state index contributed by atoms with van der Waals surface area (Å²) in [6.45, 7) is 1.85. The van der Waals surface area contributed by atoms with Crippen molar-refractivity contribution >= 4 is 29.5 Å². The lowest BCUT2D eigenvalue weighted by Crippen LogP contribution is -1.88. The van der Waals surface area contributed by atoms with Crippen LogP contribution in [-0.2, 0) is 0 Å². The Balaban J connectivity index is 1.96. The third-order valence-corrected chi connectivity index (χ3v) is 2.72. The molecule has 15 heavy (non-hydrogen) atoms. The monoisotopic (exact) mass is 240 g/mol. The molecular formula is C9H9ClN4S. The van der Waals surface area contributed by atoms with Gasteiger partial charge in [0.25, 0.3) is 5.95 Å². The van der Waals surface area contributed by atoms with Gasteiger partial charge in [-0.2, -0.15) is 4.98 Å². The molecule has 1 aromatic carbocycles. The highest BCUT2D eigenvalue weighted by molar-refractivity contribution is 8.00. The van der Waals surface area contributed by atoms with E-state index in [4.69, 9.17) is 11.6 Å². The standard InChI is InChI=1S/C9H9ClN4S/c1-6-11-9(13-12-6)14-15-8-4-2-7(10)3-5-8/h2-5H,1H3,(H2,11,12,13,14). The molecular weight excluding hydrogens is 232 g/mol. The predicted molar refractivity (Wildman–Crippen MR) is 62.1 cm³/mol. The highest BCUT2D eigenvalue weighted by Gasteiger charge is 1.99. The van der Waals surface area contributed by atoms with Gasteiger partial charge in [0.1, 0.15) is 5.82 Å². The van der Waals surface area contributed by atoms with Crippen LogP contribution in [0.1, 0.15) is 5.82 Å². The number of anilines is 1. The fourth-order valence-corrected chi connectivity index (χ4v) is 1.69. The lowest BCUT2D eigenvalue weighted by Gasteiger charge is -2.00. The van der Waals surface area contributed by atoms with E-state index in [9.17, 15) is 0 Å². The summed E-state index contributed by atoms with van der Waals surface area (Å²) < 4.78 is 3.02. The van der Waals surface area contributed by atoms with Gasteiger partial charge in [-0.25, -0.2) is 0 Å². The summed E-state index contributed by atoms with van der Waals surface area (Å²) >= 11 is 7.21. The first-order valence-electron chi connectivity index (χ1n) is 4.31. The van der Waals surface area contributed by atoms with E-state index in [1.165, 1.54) is 11.9 Å². The normalized spacial score (nSPS) is 10.3. The predicted octanol–water partition coefficient (Wildman–Crippen LogP) is 2.89. The molecule has 2 aromatic rings. The first-order valence-corrected chi connectivity index (χ1v) is 5.51. The number of nitrogens with zero attached hydrogens (tertiary/aromatic N) is 2. The third-order valence-electron chi connectivity index (χ3n) is 1.67. The number of nitrogens with one attached hydrogen (secondary N) is 2. The second-order valence-electron chi connectivity index (χ2n) is 2.90. The van der Waals surface area contributed by atoms with Gasteiger partial charge in [-0.3, -0.25) is 9.82 Å². The average molecular weight is 241 g/mol. The van der Waals surface area contributed by atoms with Gasteiger partial charge in [0, 0.05) is 9.92 Å². The molecule has 0 amide bonds. The maximum atomic E-state index is 5.77. The van der Waals surface area contributed by atoms with Crippen LogP contribution in [0.25, 0.3) is 0 Å². The minimum absolute atomic E-state index is 0.576. The Morgan fingerprint density at radius 3 is 2.67 bits per heavy atom. The van der Waals surface area contributed by atoms with Crippen LogP contribution in [-0.4, -0.2) is 15.2 Å². The van der Waals surface area contributed by atoms with Crippen LogP contribution in [0, 0.1) is 6.92 Å². The summed E-state index contributed by atoms with van der Waals surface area (Å²) in [5, 5.41) is 7.44. The van der Waals surface area contributed by atoms with Crippen molar-refractivity contribution in [2.75, 3.05) is 4.72 Å². The Morgan fingerprint density at radius 1 is 1.33 bits per heavy atom. The van der Waals surface area contributed by atoms with Crippen LogP contribution in [0.5, 0.6) is 0 Å². The Morgan fingerprint density at radius 2 is 2.07 bits per heavy atom. The fraction of sp³-hybridized carbons (Fsp3) is 0.111. The summed E-state index contributed by atoms with van der Waals surface area (Å²) in [6.07, 6.45) is 0. The summed E-state index contributed by atoms with van der Waals surface area (Å²) in [5.74, 6) is 1.36. The van der Waals surface area contributed by atoms with Gasteiger partial charge in [-0.1, -0.05) is 11.6 Å². The van der Waals surface area contributed by atoms with Gasteiger partial charge >= 0.3 is 0 Å². The Bertz CT molecular complexity index is 440. The molecule has 0 aliphatic heterocycles. The molecule has 0 fully saturated rings. The molecule has 1 aromatic heterocycles. The Labute approximate surface area is 96.6 Å². The number of hydrogen-bond acceptors (Lipinski definition) is 4. The van der Waals surface area contributed by atoms with Crippen molar-refractivity contribution in [1.29, 1.82) is 0 Å². The van der Waals surface area contributed by atoms with Crippen molar-refractivity contribution < 1.29 is 0 Å². The molecule has 0 bridgehead atoms. The molecule has 78 valence electrons. The fourth-order valence-electron chi connectivity index (χ4n) is 0.996. The molecule has 0 atom stereocenters. The number of aromatic nitrogens is 3. The van der Waals surface area contributed by atoms with E-state index in [2.05, 4.69) is 19.9 Å². The van der Waals surface area contributed by atoms with E-state index in [0.717, 1.165) is 15.7 Å². The Kier molecular flexibility index (Phi) is 3.13. The van der Waals surface area contributed by atoms with E-state index < -0.39 is 0 Å². The third kappa shape index (κ3) is 2.87. The molecule has 6 heteroatoms. The second-order valence-corrected chi connectivity index (χ2v) is 4.22. The van der Waals surface area contributed by atoms with Crippen LogP contribution >= 0.6 is 23.5 Å². The highest BCUT2D eigenvalue weighted by atomic mass is 35.5. The lowest BCUT2D eigenvalue weighted by atomic mass is 10.4. The van der Waals surface area contributed by atoms with Gasteiger partial charge in [0.2, 0.25) is 0 Å². The first-order chi connectivity index (χ1) is 7.24. The van der Waals surface area contributed by atoms with E-state index >= 15 is 0 Å².